The fourth-order valence-corrected chi connectivity index (χ4v) is 2.36. The van der Waals surface area contributed by atoms with E-state index in [1.54, 1.807) is 12.4 Å². The number of ether oxygens (including phenoxy) is 2. The van der Waals surface area contributed by atoms with Gasteiger partial charge in [-0.25, -0.2) is 0 Å². The fraction of sp³-hybridized carbons (Fsp3) is 0.353. The molecule has 2 bridgehead atoms. The molecule has 1 aliphatic carbocycles. The number of nitrogens with zero attached hydrogens (tertiary/aromatic N) is 1. The van der Waals surface area contributed by atoms with E-state index >= 15 is 0 Å². The summed E-state index contributed by atoms with van der Waals surface area (Å²) in [5.41, 5.74) is 1.38. The van der Waals surface area contributed by atoms with Crippen molar-refractivity contribution >= 4 is 0 Å². The quantitative estimate of drug-likeness (QED) is 0.826. The first-order valence-electron chi connectivity index (χ1n) is 7.04. The highest BCUT2D eigenvalue weighted by molar-refractivity contribution is 5.32. The monoisotopic (exact) mass is 269 g/mol. The lowest BCUT2D eigenvalue weighted by atomic mass is 9.82. The number of hydrogen-bond acceptors (Lipinski definition) is 3. The van der Waals surface area contributed by atoms with Crippen LogP contribution in [0.5, 0.6) is 11.5 Å². The van der Waals surface area contributed by atoms with Crippen molar-refractivity contribution in [2.75, 3.05) is 0 Å². The van der Waals surface area contributed by atoms with E-state index in [-0.39, 0.29) is 5.60 Å². The summed E-state index contributed by atoms with van der Waals surface area (Å²) in [6.45, 7) is 2.93. The molecule has 0 N–H and O–H groups in total. The van der Waals surface area contributed by atoms with Crippen molar-refractivity contribution in [2.45, 2.75) is 38.4 Å². The molecule has 2 heterocycles. The number of benzene rings is 1. The van der Waals surface area contributed by atoms with Crippen molar-refractivity contribution in [3.8, 4) is 11.5 Å². The van der Waals surface area contributed by atoms with E-state index in [4.69, 9.17) is 9.47 Å². The first-order valence-corrected chi connectivity index (χ1v) is 7.04. The Hall–Kier alpha value is -2.03. The zero-order valence-corrected chi connectivity index (χ0v) is 11.7. The summed E-state index contributed by atoms with van der Waals surface area (Å²) in [7, 11) is 0. The molecule has 4 rings (SSSR count). The first kappa shape index (κ1) is 13.0. The summed E-state index contributed by atoms with van der Waals surface area (Å²) >= 11 is 0. The standard InChI is InChI=1S/C10H13NO.C7H6O/c1-10(5-2-6-10)12-9-3-7-11-8-4-9;1-2-6-4-7(3-1)8-5-6/h3-4,7-8H,2,5-6H2,1H3;1-4H,5H2. The van der Waals surface area contributed by atoms with Gasteiger partial charge >= 0.3 is 0 Å². The molecule has 1 aliphatic heterocycles. The van der Waals surface area contributed by atoms with E-state index in [0.717, 1.165) is 18.1 Å². The van der Waals surface area contributed by atoms with Crippen LogP contribution in [0.4, 0.5) is 0 Å². The van der Waals surface area contributed by atoms with E-state index in [1.807, 2.05) is 24.3 Å². The van der Waals surface area contributed by atoms with Crippen LogP contribution in [0, 0.1) is 0 Å². The second kappa shape index (κ2) is 5.53. The molecule has 2 aromatic rings. The van der Waals surface area contributed by atoms with Gasteiger partial charge in [0.25, 0.3) is 0 Å². The van der Waals surface area contributed by atoms with Crippen molar-refractivity contribution in [1.82, 2.24) is 4.98 Å². The van der Waals surface area contributed by atoms with Crippen molar-refractivity contribution in [1.29, 1.82) is 0 Å². The summed E-state index contributed by atoms with van der Waals surface area (Å²) < 4.78 is 11.0. The predicted octanol–water partition coefficient (Wildman–Crippen LogP) is 3.98. The Morgan fingerprint density at radius 3 is 2.55 bits per heavy atom. The molecule has 0 amide bonds. The van der Waals surface area contributed by atoms with Crippen LogP contribution in [0.3, 0.4) is 0 Å². The molecular weight excluding hydrogens is 250 g/mol. The highest BCUT2D eigenvalue weighted by Crippen LogP contribution is 2.35. The van der Waals surface area contributed by atoms with Crippen molar-refractivity contribution < 1.29 is 9.47 Å². The average molecular weight is 269 g/mol. The summed E-state index contributed by atoms with van der Waals surface area (Å²) in [6, 6.07) is 11.9. The lowest BCUT2D eigenvalue weighted by Crippen LogP contribution is -2.39. The highest BCUT2D eigenvalue weighted by Gasteiger charge is 2.33. The molecule has 0 atom stereocenters. The van der Waals surface area contributed by atoms with Crippen LogP contribution in [-0.4, -0.2) is 10.6 Å². The Labute approximate surface area is 119 Å². The van der Waals surface area contributed by atoms with Gasteiger partial charge in [0.15, 0.2) is 0 Å². The van der Waals surface area contributed by atoms with E-state index in [1.165, 1.54) is 24.8 Å². The minimum atomic E-state index is 0.0986. The highest BCUT2D eigenvalue weighted by atomic mass is 16.5. The van der Waals surface area contributed by atoms with E-state index < -0.39 is 0 Å². The van der Waals surface area contributed by atoms with E-state index in [2.05, 4.69) is 24.0 Å². The van der Waals surface area contributed by atoms with Crippen LogP contribution in [0.25, 0.3) is 0 Å². The first-order chi connectivity index (χ1) is 9.73. The van der Waals surface area contributed by atoms with Gasteiger partial charge in [-0.05, 0) is 56.0 Å². The molecule has 1 fully saturated rings. The molecule has 104 valence electrons. The molecule has 1 aromatic heterocycles. The Morgan fingerprint density at radius 1 is 1.15 bits per heavy atom. The Bertz CT molecular complexity index is 545. The molecule has 20 heavy (non-hydrogen) atoms. The molecule has 0 unspecified atom stereocenters. The van der Waals surface area contributed by atoms with E-state index in [0.29, 0.717) is 0 Å². The Kier molecular flexibility index (Phi) is 3.59. The normalized spacial score (nSPS) is 17.2. The SMILES string of the molecule is CC1(Oc2ccncc2)CCC1.c1cc2cc(c1)OC2. The fourth-order valence-electron chi connectivity index (χ4n) is 2.36. The molecule has 0 spiro atoms. The van der Waals surface area contributed by atoms with Crippen LogP contribution in [0.1, 0.15) is 31.7 Å². The van der Waals surface area contributed by atoms with Gasteiger partial charge in [0.05, 0.1) is 0 Å². The third-order valence-corrected chi connectivity index (χ3v) is 3.73. The third kappa shape index (κ3) is 3.10. The van der Waals surface area contributed by atoms with Gasteiger partial charge in [0.1, 0.15) is 23.7 Å². The van der Waals surface area contributed by atoms with Crippen molar-refractivity contribution in [2.24, 2.45) is 0 Å². The molecule has 3 heteroatoms. The number of hydrogen-bond donors (Lipinski definition) is 0. The summed E-state index contributed by atoms with van der Waals surface area (Å²) in [4.78, 5) is 3.94. The lowest BCUT2D eigenvalue weighted by molar-refractivity contribution is 0.0112. The topological polar surface area (TPSA) is 31.4 Å². The lowest BCUT2D eigenvalue weighted by Gasteiger charge is -2.38. The van der Waals surface area contributed by atoms with Gasteiger partial charge in [-0.15, -0.1) is 0 Å². The Morgan fingerprint density at radius 2 is 1.95 bits per heavy atom. The largest absolute Gasteiger partial charge is 0.489 e. The molecule has 1 saturated carbocycles. The number of aromatic nitrogens is 1. The Balaban J connectivity index is 0.000000131. The summed E-state index contributed by atoms with van der Waals surface area (Å²) in [6.07, 6.45) is 7.17. The minimum absolute atomic E-state index is 0.0986. The van der Waals surface area contributed by atoms with Crippen LogP contribution >= 0.6 is 0 Å². The average Bonchev–Trinajstić information content (AvgIpc) is 2.78. The number of pyridine rings is 1. The van der Waals surface area contributed by atoms with E-state index in [9.17, 15) is 0 Å². The number of fused-ring (bicyclic) bond motifs is 2. The summed E-state index contributed by atoms with van der Waals surface area (Å²) in [5, 5.41) is 0. The second-order valence-electron chi connectivity index (χ2n) is 5.52. The molecule has 0 saturated heterocycles. The molecule has 2 aliphatic rings. The zero-order valence-electron chi connectivity index (χ0n) is 11.7. The smallest absolute Gasteiger partial charge is 0.123 e. The van der Waals surface area contributed by atoms with Gasteiger partial charge in [0, 0.05) is 12.4 Å². The second-order valence-corrected chi connectivity index (χ2v) is 5.52. The van der Waals surface area contributed by atoms with Crippen LogP contribution in [0.2, 0.25) is 0 Å². The minimum Gasteiger partial charge on any atom is -0.489 e. The van der Waals surface area contributed by atoms with Crippen molar-refractivity contribution in [3.63, 3.8) is 0 Å². The maximum Gasteiger partial charge on any atom is 0.123 e. The maximum atomic E-state index is 5.80. The molecule has 1 aromatic carbocycles. The predicted molar refractivity (Wildman–Crippen MR) is 77.9 cm³/mol. The van der Waals surface area contributed by atoms with Gasteiger partial charge < -0.3 is 9.47 Å². The summed E-state index contributed by atoms with van der Waals surface area (Å²) in [5.74, 6) is 1.94. The van der Waals surface area contributed by atoms with Crippen LogP contribution in [0.15, 0.2) is 48.8 Å². The van der Waals surface area contributed by atoms with Crippen LogP contribution < -0.4 is 9.47 Å². The zero-order chi connectivity index (χ0) is 13.8. The third-order valence-electron chi connectivity index (χ3n) is 3.73. The van der Waals surface area contributed by atoms with Crippen molar-refractivity contribution in [3.05, 3.63) is 54.4 Å². The molecular formula is C17H19NO2. The maximum absolute atomic E-state index is 5.80. The molecule has 0 radical (unpaired) electrons. The number of rotatable bonds is 2. The van der Waals surface area contributed by atoms with Gasteiger partial charge in [-0.2, -0.15) is 0 Å². The van der Waals surface area contributed by atoms with Crippen LogP contribution in [-0.2, 0) is 6.61 Å². The van der Waals surface area contributed by atoms with Gasteiger partial charge in [-0.1, -0.05) is 12.1 Å². The van der Waals surface area contributed by atoms with Gasteiger partial charge in [-0.3, -0.25) is 4.98 Å². The molecule has 3 nitrogen and oxygen atoms in total. The van der Waals surface area contributed by atoms with Gasteiger partial charge in [0.2, 0.25) is 0 Å².